The molecular formula is C12H13FO3S. The smallest absolute Gasteiger partial charge is 0.328 e. The molecule has 0 fully saturated rings. The molecule has 17 heavy (non-hydrogen) atoms. The third kappa shape index (κ3) is 5.01. The standard InChI is InChI=1S/C12H13FO3S/c13-11-3-1-9(8-17-6-5-14)7-10(11)2-4-12(15)16/h1-4,7,14H,5-6,8H2,(H,15,16). The zero-order chi connectivity index (χ0) is 12.7. The van der Waals surface area contributed by atoms with Crippen LogP contribution >= 0.6 is 11.8 Å². The van der Waals surface area contributed by atoms with E-state index < -0.39 is 11.8 Å². The molecule has 1 rings (SSSR count). The van der Waals surface area contributed by atoms with Crippen LogP contribution in [0.2, 0.25) is 0 Å². The fourth-order valence-electron chi connectivity index (χ4n) is 1.23. The van der Waals surface area contributed by atoms with Gasteiger partial charge >= 0.3 is 5.97 Å². The van der Waals surface area contributed by atoms with E-state index >= 15 is 0 Å². The Morgan fingerprint density at radius 3 is 2.88 bits per heavy atom. The molecule has 0 aliphatic carbocycles. The Balaban J connectivity index is 2.75. The maximum Gasteiger partial charge on any atom is 0.328 e. The van der Waals surface area contributed by atoms with Gasteiger partial charge in [-0.15, -0.1) is 0 Å². The fourth-order valence-corrected chi connectivity index (χ4v) is 1.92. The molecule has 1 aromatic rings. The van der Waals surface area contributed by atoms with Gasteiger partial charge in [-0.05, 0) is 23.8 Å². The van der Waals surface area contributed by atoms with Gasteiger partial charge in [0.2, 0.25) is 0 Å². The highest BCUT2D eigenvalue weighted by atomic mass is 32.2. The average Bonchev–Trinajstić information content (AvgIpc) is 2.29. The number of halogens is 1. The van der Waals surface area contributed by atoms with Crippen molar-refractivity contribution in [2.24, 2.45) is 0 Å². The number of aliphatic hydroxyl groups is 1. The lowest BCUT2D eigenvalue weighted by atomic mass is 10.1. The Morgan fingerprint density at radius 2 is 2.24 bits per heavy atom. The topological polar surface area (TPSA) is 57.5 Å². The third-order valence-electron chi connectivity index (χ3n) is 1.97. The van der Waals surface area contributed by atoms with Crippen LogP contribution in [0, 0.1) is 5.82 Å². The molecule has 0 radical (unpaired) electrons. The predicted molar refractivity (Wildman–Crippen MR) is 66.3 cm³/mol. The second kappa shape index (κ2) is 7.09. The molecule has 0 bridgehead atoms. The molecular weight excluding hydrogens is 243 g/mol. The summed E-state index contributed by atoms with van der Waals surface area (Å²) in [6, 6.07) is 4.58. The third-order valence-corrected chi connectivity index (χ3v) is 2.98. The highest BCUT2D eigenvalue weighted by Gasteiger charge is 2.01. The summed E-state index contributed by atoms with van der Waals surface area (Å²) in [5, 5.41) is 17.1. The minimum absolute atomic E-state index is 0.109. The fraction of sp³-hybridized carbons (Fsp3) is 0.250. The van der Waals surface area contributed by atoms with Gasteiger partial charge in [0.1, 0.15) is 5.82 Å². The van der Waals surface area contributed by atoms with Gasteiger partial charge in [0.05, 0.1) is 6.61 Å². The summed E-state index contributed by atoms with van der Waals surface area (Å²) in [5.41, 5.74) is 1.16. The molecule has 0 unspecified atom stereocenters. The van der Waals surface area contributed by atoms with E-state index in [9.17, 15) is 9.18 Å². The van der Waals surface area contributed by atoms with E-state index in [2.05, 4.69) is 0 Å². The molecule has 0 atom stereocenters. The van der Waals surface area contributed by atoms with E-state index in [1.807, 2.05) is 0 Å². The highest BCUT2D eigenvalue weighted by molar-refractivity contribution is 7.98. The minimum Gasteiger partial charge on any atom is -0.478 e. The van der Waals surface area contributed by atoms with Gasteiger partial charge in [-0.2, -0.15) is 11.8 Å². The summed E-state index contributed by atoms with van der Waals surface area (Å²) in [5.74, 6) is -0.269. The molecule has 92 valence electrons. The van der Waals surface area contributed by atoms with Gasteiger partial charge in [0.25, 0.3) is 0 Å². The first kappa shape index (κ1) is 13.7. The van der Waals surface area contributed by atoms with Crippen molar-refractivity contribution in [1.29, 1.82) is 0 Å². The van der Waals surface area contributed by atoms with E-state index in [4.69, 9.17) is 10.2 Å². The first-order chi connectivity index (χ1) is 8.13. The Kier molecular flexibility index (Phi) is 5.72. The molecule has 0 saturated carbocycles. The molecule has 0 aromatic heterocycles. The second-order valence-electron chi connectivity index (χ2n) is 3.30. The van der Waals surface area contributed by atoms with Gasteiger partial charge < -0.3 is 10.2 Å². The normalized spacial score (nSPS) is 10.9. The summed E-state index contributed by atoms with van der Waals surface area (Å²) in [6.07, 6.45) is 2.14. The number of carboxylic acid groups (broad SMARTS) is 1. The van der Waals surface area contributed by atoms with E-state index in [1.54, 1.807) is 12.1 Å². The Labute approximate surface area is 103 Å². The van der Waals surface area contributed by atoms with Crippen LogP contribution in [0.1, 0.15) is 11.1 Å². The first-order valence-electron chi connectivity index (χ1n) is 5.01. The number of carboxylic acids is 1. The largest absolute Gasteiger partial charge is 0.478 e. The number of thioether (sulfide) groups is 1. The number of aliphatic carboxylic acids is 1. The number of benzene rings is 1. The molecule has 0 aliphatic heterocycles. The van der Waals surface area contributed by atoms with Crippen LogP contribution in [0.5, 0.6) is 0 Å². The number of hydrogen-bond donors (Lipinski definition) is 2. The summed E-state index contributed by atoms with van der Waals surface area (Å²) in [6.45, 7) is 0.109. The molecule has 0 spiro atoms. The monoisotopic (exact) mass is 256 g/mol. The van der Waals surface area contributed by atoms with Crippen LogP contribution < -0.4 is 0 Å². The van der Waals surface area contributed by atoms with Gasteiger partial charge in [0.15, 0.2) is 0 Å². The van der Waals surface area contributed by atoms with Crippen molar-refractivity contribution in [2.75, 3.05) is 12.4 Å². The van der Waals surface area contributed by atoms with Crippen LogP contribution in [-0.4, -0.2) is 28.5 Å². The zero-order valence-corrected chi connectivity index (χ0v) is 9.91. The molecule has 0 heterocycles. The molecule has 1 aromatic carbocycles. The maximum absolute atomic E-state index is 13.3. The molecule has 0 aliphatic rings. The summed E-state index contributed by atoms with van der Waals surface area (Å²) in [4.78, 5) is 10.3. The Morgan fingerprint density at radius 1 is 1.47 bits per heavy atom. The van der Waals surface area contributed by atoms with Crippen LogP contribution in [-0.2, 0) is 10.5 Å². The van der Waals surface area contributed by atoms with Crippen molar-refractivity contribution in [3.63, 3.8) is 0 Å². The quantitative estimate of drug-likeness (QED) is 0.605. The molecule has 5 heteroatoms. The van der Waals surface area contributed by atoms with Crippen LogP contribution in [0.25, 0.3) is 6.08 Å². The number of carbonyl (C=O) groups is 1. The predicted octanol–water partition coefficient (Wildman–Crippen LogP) is 2.15. The Bertz CT molecular complexity index is 418. The summed E-state index contributed by atoms with van der Waals surface area (Å²) < 4.78 is 13.3. The van der Waals surface area contributed by atoms with Crippen LogP contribution in [0.15, 0.2) is 24.3 Å². The maximum atomic E-state index is 13.3. The van der Waals surface area contributed by atoms with E-state index in [-0.39, 0.29) is 12.2 Å². The first-order valence-corrected chi connectivity index (χ1v) is 6.17. The van der Waals surface area contributed by atoms with Crippen LogP contribution in [0.4, 0.5) is 4.39 Å². The molecule has 0 saturated heterocycles. The van der Waals surface area contributed by atoms with Crippen molar-refractivity contribution in [3.05, 3.63) is 41.2 Å². The van der Waals surface area contributed by atoms with Gasteiger partial charge in [-0.3, -0.25) is 0 Å². The van der Waals surface area contributed by atoms with E-state index in [0.717, 1.165) is 11.6 Å². The number of rotatable bonds is 6. The molecule has 3 nitrogen and oxygen atoms in total. The lowest BCUT2D eigenvalue weighted by Crippen LogP contribution is -1.91. The van der Waals surface area contributed by atoms with Crippen molar-refractivity contribution in [3.8, 4) is 0 Å². The number of hydrogen-bond acceptors (Lipinski definition) is 3. The molecule has 2 N–H and O–H groups in total. The Hall–Kier alpha value is -1.33. The highest BCUT2D eigenvalue weighted by Crippen LogP contribution is 2.17. The van der Waals surface area contributed by atoms with E-state index in [0.29, 0.717) is 11.5 Å². The summed E-state index contributed by atoms with van der Waals surface area (Å²) >= 11 is 1.53. The van der Waals surface area contributed by atoms with Crippen molar-refractivity contribution in [1.82, 2.24) is 0 Å². The van der Waals surface area contributed by atoms with Gasteiger partial charge in [-0.1, -0.05) is 6.07 Å². The molecule has 0 amide bonds. The lowest BCUT2D eigenvalue weighted by Gasteiger charge is -2.03. The van der Waals surface area contributed by atoms with Crippen LogP contribution in [0.3, 0.4) is 0 Å². The zero-order valence-electron chi connectivity index (χ0n) is 9.10. The van der Waals surface area contributed by atoms with Gasteiger partial charge in [-0.25, -0.2) is 9.18 Å². The average molecular weight is 256 g/mol. The van der Waals surface area contributed by atoms with Crippen molar-refractivity contribution < 1.29 is 19.4 Å². The summed E-state index contributed by atoms with van der Waals surface area (Å²) in [7, 11) is 0. The second-order valence-corrected chi connectivity index (χ2v) is 4.41. The van der Waals surface area contributed by atoms with Crippen molar-refractivity contribution in [2.45, 2.75) is 5.75 Å². The van der Waals surface area contributed by atoms with E-state index in [1.165, 1.54) is 23.9 Å². The number of aliphatic hydroxyl groups excluding tert-OH is 1. The van der Waals surface area contributed by atoms with Gasteiger partial charge in [0, 0.05) is 23.1 Å². The minimum atomic E-state index is -1.11. The van der Waals surface area contributed by atoms with Crippen molar-refractivity contribution >= 4 is 23.8 Å². The lowest BCUT2D eigenvalue weighted by molar-refractivity contribution is -0.131. The SMILES string of the molecule is O=C(O)C=Cc1cc(CSCCO)ccc1F.